The molecule has 0 aromatic carbocycles. The van der Waals surface area contributed by atoms with Crippen molar-refractivity contribution in [2.75, 3.05) is 13.2 Å². The fourth-order valence-corrected chi connectivity index (χ4v) is 2.25. The molecule has 1 aromatic rings. The number of H-pyrrole nitrogens is 1. The number of carbonyl (C=O) groups excluding carboxylic acids is 1. The van der Waals surface area contributed by atoms with Crippen LogP contribution in [0.15, 0.2) is 4.79 Å². The first-order valence-corrected chi connectivity index (χ1v) is 7.16. The predicted molar refractivity (Wildman–Crippen MR) is 77.8 cm³/mol. The van der Waals surface area contributed by atoms with Crippen molar-refractivity contribution in [1.82, 2.24) is 14.5 Å². The summed E-state index contributed by atoms with van der Waals surface area (Å²) in [7, 11) is 0. The number of carboxylic acids is 1. The Balaban J connectivity index is 2.04. The van der Waals surface area contributed by atoms with Gasteiger partial charge in [-0.2, -0.15) is 0 Å². The van der Waals surface area contributed by atoms with Gasteiger partial charge < -0.3 is 14.7 Å². The van der Waals surface area contributed by atoms with Gasteiger partial charge in [0.15, 0.2) is 5.69 Å². The Bertz CT molecular complexity index is 638. The minimum atomic E-state index is -1.21. The van der Waals surface area contributed by atoms with E-state index in [-0.39, 0.29) is 24.2 Å². The normalized spacial score (nSPS) is 14.6. The van der Waals surface area contributed by atoms with Crippen molar-refractivity contribution in [2.45, 2.75) is 40.3 Å². The van der Waals surface area contributed by atoms with Crippen LogP contribution in [-0.2, 0) is 17.8 Å². The molecule has 0 unspecified atom stereocenters. The quantitative estimate of drug-likeness (QED) is 0.874. The SMILES string of the molecule is CC(C)(C)CCOC(=O)N1CCn2c(c(C(=O)O)[nH]c2=O)C1. The third-order valence-electron chi connectivity index (χ3n) is 3.58. The largest absolute Gasteiger partial charge is 0.477 e. The summed E-state index contributed by atoms with van der Waals surface area (Å²) in [5.41, 5.74) is -0.262. The Morgan fingerprint density at radius 1 is 1.32 bits per heavy atom. The minimum Gasteiger partial charge on any atom is -0.477 e. The molecule has 0 spiro atoms. The van der Waals surface area contributed by atoms with E-state index in [0.717, 1.165) is 6.42 Å². The Labute approximate surface area is 127 Å². The number of hydrogen-bond acceptors (Lipinski definition) is 4. The van der Waals surface area contributed by atoms with E-state index in [9.17, 15) is 14.4 Å². The second-order valence-corrected chi connectivity index (χ2v) is 6.56. The van der Waals surface area contributed by atoms with Crippen LogP contribution in [0.2, 0.25) is 0 Å². The van der Waals surface area contributed by atoms with Crippen molar-refractivity contribution in [3.63, 3.8) is 0 Å². The van der Waals surface area contributed by atoms with Gasteiger partial charge in [0.1, 0.15) is 0 Å². The van der Waals surface area contributed by atoms with Crippen LogP contribution in [0.25, 0.3) is 0 Å². The molecule has 2 N–H and O–H groups in total. The lowest BCUT2D eigenvalue weighted by molar-refractivity contribution is 0.0677. The highest BCUT2D eigenvalue weighted by atomic mass is 16.6. The Kier molecular flexibility index (Phi) is 4.30. The topological polar surface area (TPSA) is 105 Å². The molecule has 0 fully saturated rings. The van der Waals surface area contributed by atoms with Gasteiger partial charge in [-0.3, -0.25) is 9.55 Å². The van der Waals surface area contributed by atoms with E-state index in [1.54, 1.807) is 0 Å². The third kappa shape index (κ3) is 3.49. The second kappa shape index (κ2) is 5.86. The van der Waals surface area contributed by atoms with Crippen LogP contribution < -0.4 is 5.69 Å². The molecule has 122 valence electrons. The summed E-state index contributed by atoms with van der Waals surface area (Å²) in [6, 6.07) is 0. The molecule has 22 heavy (non-hydrogen) atoms. The summed E-state index contributed by atoms with van der Waals surface area (Å²) >= 11 is 0. The van der Waals surface area contributed by atoms with Crippen molar-refractivity contribution in [1.29, 1.82) is 0 Å². The Morgan fingerprint density at radius 3 is 2.59 bits per heavy atom. The van der Waals surface area contributed by atoms with Gasteiger partial charge >= 0.3 is 17.8 Å². The van der Waals surface area contributed by atoms with Gasteiger partial charge in [-0.15, -0.1) is 0 Å². The minimum absolute atomic E-state index is 0.0503. The second-order valence-electron chi connectivity index (χ2n) is 6.56. The molecule has 1 aromatic heterocycles. The summed E-state index contributed by atoms with van der Waals surface area (Å²) in [5.74, 6) is -1.21. The van der Waals surface area contributed by atoms with E-state index < -0.39 is 17.8 Å². The standard InChI is InChI=1S/C14H21N3O5/c1-14(2,3)4-7-22-13(21)16-5-6-17-9(8-16)10(11(18)19)15-12(17)20/h4-8H2,1-3H3,(H,15,20)(H,18,19). The maximum Gasteiger partial charge on any atom is 0.410 e. The average molecular weight is 311 g/mol. The number of carbonyl (C=O) groups is 2. The predicted octanol–water partition coefficient (Wildman–Crippen LogP) is 1.26. The molecule has 0 saturated heterocycles. The maximum atomic E-state index is 12.0. The number of nitrogens with one attached hydrogen (secondary N) is 1. The molecule has 2 rings (SSSR count). The van der Waals surface area contributed by atoms with Crippen molar-refractivity contribution in [3.8, 4) is 0 Å². The smallest absolute Gasteiger partial charge is 0.410 e. The summed E-state index contributed by atoms with van der Waals surface area (Å²) in [4.78, 5) is 38.5. The zero-order chi connectivity index (χ0) is 16.5. The van der Waals surface area contributed by atoms with Gasteiger partial charge in [0.05, 0.1) is 18.8 Å². The van der Waals surface area contributed by atoms with Gasteiger partial charge in [-0.25, -0.2) is 14.4 Å². The molecular formula is C14H21N3O5. The lowest BCUT2D eigenvalue weighted by Crippen LogP contribution is -2.41. The van der Waals surface area contributed by atoms with E-state index >= 15 is 0 Å². The molecular weight excluding hydrogens is 290 g/mol. The van der Waals surface area contributed by atoms with Crippen LogP contribution >= 0.6 is 0 Å². The number of ether oxygens (including phenoxy) is 1. The van der Waals surface area contributed by atoms with E-state index in [2.05, 4.69) is 25.8 Å². The van der Waals surface area contributed by atoms with Crippen molar-refractivity contribution < 1.29 is 19.4 Å². The lowest BCUT2D eigenvalue weighted by Gasteiger charge is -2.28. The van der Waals surface area contributed by atoms with Gasteiger partial charge in [0.25, 0.3) is 0 Å². The van der Waals surface area contributed by atoms with Crippen LogP contribution in [0.5, 0.6) is 0 Å². The Hall–Kier alpha value is -2.25. The maximum absolute atomic E-state index is 12.0. The van der Waals surface area contributed by atoms with Crippen LogP contribution in [0.3, 0.4) is 0 Å². The zero-order valence-corrected chi connectivity index (χ0v) is 13.0. The van der Waals surface area contributed by atoms with Crippen LogP contribution in [0.4, 0.5) is 4.79 Å². The molecule has 1 amide bonds. The van der Waals surface area contributed by atoms with Gasteiger partial charge in [-0.05, 0) is 11.8 Å². The highest BCUT2D eigenvalue weighted by Gasteiger charge is 2.28. The molecule has 0 atom stereocenters. The number of amides is 1. The molecule has 2 heterocycles. The number of aromatic carboxylic acids is 1. The summed E-state index contributed by atoms with van der Waals surface area (Å²) in [6.45, 7) is 7.10. The number of carboxylic acid groups (broad SMARTS) is 1. The van der Waals surface area contributed by atoms with Crippen molar-refractivity contribution in [3.05, 3.63) is 21.9 Å². The third-order valence-corrected chi connectivity index (χ3v) is 3.58. The van der Waals surface area contributed by atoms with E-state index in [1.165, 1.54) is 9.47 Å². The molecule has 0 saturated carbocycles. The summed E-state index contributed by atoms with van der Waals surface area (Å²) in [5, 5.41) is 9.09. The lowest BCUT2D eigenvalue weighted by atomic mass is 9.93. The number of hydrogen-bond donors (Lipinski definition) is 2. The van der Waals surface area contributed by atoms with Gasteiger partial charge in [0.2, 0.25) is 0 Å². The average Bonchev–Trinajstić information content (AvgIpc) is 2.74. The summed E-state index contributed by atoms with van der Waals surface area (Å²) < 4.78 is 6.57. The first-order chi connectivity index (χ1) is 10.2. The van der Waals surface area contributed by atoms with Crippen LogP contribution in [-0.4, -0.2) is 44.8 Å². The fourth-order valence-electron chi connectivity index (χ4n) is 2.25. The van der Waals surface area contributed by atoms with Gasteiger partial charge in [0, 0.05) is 13.1 Å². The zero-order valence-electron chi connectivity index (χ0n) is 13.0. The first-order valence-electron chi connectivity index (χ1n) is 7.16. The summed E-state index contributed by atoms with van der Waals surface area (Å²) in [6.07, 6.45) is 0.252. The number of aromatic amines is 1. The van der Waals surface area contributed by atoms with E-state index in [0.29, 0.717) is 18.8 Å². The molecule has 8 nitrogen and oxygen atoms in total. The molecule has 0 aliphatic carbocycles. The number of imidazole rings is 1. The fraction of sp³-hybridized carbons (Fsp3) is 0.643. The highest BCUT2D eigenvalue weighted by molar-refractivity contribution is 5.86. The van der Waals surface area contributed by atoms with Crippen LogP contribution in [0.1, 0.15) is 43.4 Å². The number of aromatic nitrogens is 2. The molecule has 0 radical (unpaired) electrons. The van der Waals surface area contributed by atoms with Crippen molar-refractivity contribution in [2.24, 2.45) is 5.41 Å². The number of nitrogens with zero attached hydrogens (tertiary/aromatic N) is 2. The monoisotopic (exact) mass is 311 g/mol. The van der Waals surface area contributed by atoms with Crippen molar-refractivity contribution >= 4 is 12.1 Å². The number of rotatable bonds is 3. The molecule has 1 aliphatic heterocycles. The Morgan fingerprint density at radius 2 is 2.00 bits per heavy atom. The molecule has 8 heteroatoms. The highest BCUT2D eigenvalue weighted by Crippen LogP contribution is 2.19. The first kappa shape index (κ1) is 16.1. The number of fused-ring (bicyclic) bond motifs is 1. The van der Waals surface area contributed by atoms with Crippen LogP contribution in [0, 0.1) is 5.41 Å². The molecule has 1 aliphatic rings. The van der Waals surface area contributed by atoms with E-state index in [1.807, 2.05) is 0 Å². The van der Waals surface area contributed by atoms with Gasteiger partial charge in [-0.1, -0.05) is 20.8 Å². The van der Waals surface area contributed by atoms with E-state index in [4.69, 9.17) is 9.84 Å². The molecule has 0 bridgehead atoms.